The summed E-state index contributed by atoms with van der Waals surface area (Å²) in [6.07, 6.45) is 7.64. The van der Waals surface area contributed by atoms with Crippen LogP contribution >= 0.6 is 24.0 Å². The molecule has 150 valence electrons. The minimum Gasteiger partial charge on any atom is -0.461 e. The van der Waals surface area contributed by atoms with Crippen LogP contribution in [-0.4, -0.2) is 41.3 Å². The highest BCUT2D eigenvalue weighted by Crippen LogP contribution is 2.45. The molecule has 3 rings (SSSR count). The first-order valence-corrected chi connectivity index (χ1v) is 9.50. The molecule has 27 heavy (non-hydrogen) atoms. The molecule has 0 aliphatic heterocycles. The Morgan fingerprint density at radius 1 is 1.37 bits per heavy atom. The molecule has 0 spiro atoms. The zero-order valence-electron chi connectivity index (χ0n) is 16.4. The lowest BCUT2D eigenvalue weighted by Gasteiger charge is -2.43. The van der Waals surface area contributed by atoms with Crippen LogP contribution in [0.5, 0.6) is 0 Å². The number of aromatic amines is 1. The van der Waals surface area contributed by atoms with E-state index in [4.69, 9.17) is 4.42 Å². The van der Waals surface area contributed by atoms with Gasteiger partial charge < -0.3 is 15.1 Å². The van der Waals surface area contributed by atoms with Crippen LogP contribution in [0.2, 0.25) is 0 Å². The lowest BCUT2D eigenvalue weighted by molar-refractivity contribution is 0.104. The number of H-pyrrole nitrogens is 1. The first kappa shape index (κ1) is 21.7. The number of aromatic nitrogens is 3. The molecule has 2 heterocycles. The molecular weight excluding hydrogens is 455 g/mol. The van der Waals surface area contributed by atoms with Crippen LogP contribution in [0.3, 0.4) is 0 Å². The van der Waals surface area contributed by atoms with Gasteiger partial charge in [0.1, 0.15) is 5.82 Å². The van der Waals surface area contributed by atoms with Gasteiger partial charge in [-0.05, 0) is 42.7 Å². The van der Waals surface area contributed by atoms with E-state index in [1.54, 1.807) is 6.26 Å². The number of hydrogen-bond donors (Lipinski definition) is 3. The van der Waals surface area contributed by atoms with E-state index in [0.29, 0.717) is 17.0 Å². The molecule has 0 unspecified atom stereocenters. The van der Waals surface area contributed by atoms with Crippen LogP contribution in [0.1, 0.15) is 45.4 Å². The Hall–Kier alpha value is -1.58. The van der Waals surface area contributed by atoms with Crippen LogP contribution in [0.25, 0.3) is 11.6 Å². The summed E-state index contributed by atoms with van der Waals surface area (Å²) >= 11 is 0. The highest BCUT2D eigenvalue weighted by molar-refractivity contribution is 14.0. The Morgan fingerprint density at radius 3 is 2.78 bits per heavy atom. The van der Waals surface area contributed by atoms with Gasteiger partial charge in [-0.25, -0.2) is 4.98 Å². The fourth-order valence-electron chi connectivity index (χ4n) is 3.71. The summed E-state index contributed by atoms with van der Waals surface area (Å²) in [5.74, 6) is 3.68. The van der Waals surface area contributed by atoms with Gasteiger partial charge in [0.15, 0.2) is 11.7 Å². The van der Waals surface area contributed by atoms with Gasteiger partial charge in [0.05, 0.1) is 6.26 Å². The van der Waals surface area contributed by atoms with Crippen molar-refractivity contribution < 1.29 is 4.42 Å². The van der Waals surface area contributed by atoms with Gasteiger partial charge in [-0.3, -0.25) is 10.1 Å². The third-order valence-electron chi connectivity index (χ3n) is 5.04. The number of guanidine groups is 1. The summed E-state index contributed by atoms with van der Waals surface area (Å²) in [6, 6.07) is 3.68. The molecule has 7 nitrogen and oxygen atoms in total. The first-order chi connectivity index (χ1) is 12.6. The zero-order valence-corrected chi connectivity index (χ0v) is 18.7. The van der Waals surface area contributed by atoms with Gasteiger partial charge >= 0.3 is 0 Å². The van der Waals surface area contributed by atoms with Gasteiger partial charge in [0.2, 0.25) is 5.82 Å². The monoisotopic (exact) mass is 486 g/mol. The molecule has 1 aliphatic rings. The molecule has 2 aromatic heterocycles. The predicted octanol–water partition coefficient (Wildman–Crippen LogP) is 3.61. The highest BCUT2D eigenvalue weighted by atomic mass is 127. The molecule has 1 fully saturated rings. The molecular formula is C19H31IN6O. The zero-order chi connectivity index (χ0) is 18.4. The number of furan rings is 1. The minimum atomic E-state index is 0. The smallest absolute Gasteiger partial charge is 0.216 e. The maximum atomic E-state index is 5.31. The second-order valence-electron chi connectivity index (χ2n) is 7.64. The van der Waals surface area contributed by atoms with E-state index < -0.39 is 0 Å². The maximum Gasteiger partial charge on any atom is 0.216 e. The maximum absolute atomic E-state index is 5.31. The van der Waals surface area contributed by atoms with E-state index in [0.717, 1.165) is 37.2 Å². The Balaban J connectivity index is 0.00000261. The van der Waals surface area contributed by atoms with E-state index >= 15 is 0 Å². The lowest BCUT2D eigenvalue weighted by Crippen LogP contribution is -2.47. The number of aliphatic imine (C=N–C) groups is 1. The van der Waals surface area contributed by atoms with Gasteiger partial charge in [0.25, 0.3) is 0 Å². The number of rotatable bonds is 8. The second kappa shape index (κ2) is 10.1. The third-order valence-corrected chi connectivity index (χ3v) is 5.04. The Kier molecular flexibility index (Phi) is 8.12. The summed E-state index contributed by atoms with van der Waals surface area (Å²) in [5, 5.41) is 14.0. The fraction of sp³-hybridized carbons (Fsp3) is 0.632. The standard InChI is InChI=1S/C19H30N6O.HI/c1-14(2)12-19(8-5-9-19)13-22-18(20-3)21-10-7-16-23-17(25-24-16)15-6-4-11-26-15;/h4,6,11,14H,5,7-10,12-13H2,1-3H3,(H2,20,21,22)(H,23,24,25);1H. The van der Waals surface area contributed by atoms with Crippen molar-refractivity contribution in [2.45, 2.75) is 46.0 Å². The minimum absolute atomic E-state index is 0. The van der Waals surface area contributed by atoms with Crippen LogP contribution in [0, 0.1) is 11.3 Å². The summed E-state index contributed by atoms with van der Waals surface area (Å²) in [6.45, 7) is 6.35. The average Bonchev–Trinajstić information content (AvgIpc) is 3.25. The van der Waals surface area contributed by atoms with Crippen LogP contribution in [-0.2, 0) is 6.42 Å². The number of nitrogens with one attached hydrogen (secondary N) is 3. The van der Waals surface area contributed by atoms with Crippen molar-refractivity contribution in [3.8, 4) is 11.6 Å². The van der Waals surface area contributed by atoms with Crippen LogP contribution in [0.4, 0.5) is 0 Å². The predicted molar refractivity (Wildman–Crippen MR) is 118 cm³/mol. The molecule has 0 saturated heterocycles. The van der Waals surface area contributed by atoms with Gasteiger partial charge in [-0.2, -0.15) is 5.10 Å². The molecule has 0 radical (unpaired) electrons. The van der Waals surface area contributed by atoms with E-state index in [1.807, 2.05) is 19.2 Å². The molecule has 0 aromatic carbocycles. The van der Waals surface area contributed by atoms with Crippen molar-refractivity contribution in [3.05, 3.63) is 24.2 Å². The SMILES string of the molecule is CN=C(NCCc1nc(-c2ccco2)n[nH]1)NCC1(CC(C)C)CCC1.I. The quantitative estimate of drug-likeness (QED) is 0.301. The Morgan fingerprint density at radius 2 is 2.19 bits per heavy atom. The fourth-order valence-corrected chi connectivity index (χ4v) is 3.71. The van der Waals surface area contributed by atoms with Crippen molar-refractivity contribution in [1.29, 1.82) is 0 Å². The molecule has 1 aliphatic carbocycles. The summed E-state index contributed by atoms with van der Waals surface area (Å²) < 4.78 is 5.31. The Bertz CT molecular complexity index is 706. The Labute approximate surface area is 178 Å². The van der Waals surface area contributed by atoms with Gasteiger partial charge in [0, 0.05) is 26.6 Å². The molecule has 8 heteroatoms. The molecule has 0 amide bonds. The molecule has 2 aromatic rings. The van der Waals surface area contributed by atoms with E-state index in [9.17, 15) is 0 Å². The lowest BCUT2D eigenvalue weighted by atomic mass is 9.64. The largest absolute Gasteiger partial charge is 0.461 e. The van der Waals surface area contributed by atoms with E-state index in [2.05, 4.69) is 44.7 Å². The van der Waals surface area contributed by atoms with Gasteiger partial charge in [-0.1, -0.05) is 20.3 Å². The van der Waals surface area contributed by atoms with Gasteiger partial charge in [-0.15, -0.1) is 24.0 Å². The molecule has 1 saturated carbocycles. The van der Waals surface area contributed by atoms with E-state index in [-0.39, 0.29) is 24.0 Å². The van der Waals surface area contributed by atoms with Crippen LogP contribution in [0.15, 0.2) is 27.8 Å². The number of nitrogens with zero attached hydrogens (tertiary/aromatic N) is 3. The van der Waals surface area contributed by atoms with Crippen LogP contribution < -0.4 is 10.6 Å². The van der Waals surface area contributed by atoms with Crippen molar-refractivity contribution in [2.24, 2.45) is 16.3 Å². The topological polar surface area (TPSA) is 91.1 Å². The normalized spacial score (nSPS) is 15.9. The summed E-state index contributed by atoms with van der Waals surface area (Å²) in [4.78, 5) is 8.79. The molecule has 0 atom stereocenters. The number of hydrogen-bond acceptors (Lipinski definition) is 4. The summed E-state index contributed by atoms with van der Waals surface area (Å²) in [5.41, 5.74) is 0.453. The van der Waals surface area contributed by atoms with Crippen molar-refractivity contribution in [2.75, 3.05) is 20.1 Å². The van der Waals surface area contributed by atoms with Crippen molar-refractivity contribution in [1.82, 2.24) is 25.8 Å². The summed E-state index contributed by atoms with van der Waals surface area (Å²) in [7, 11) is 1.81. The second-order valence-corrected chi connectivity index (χ2v) is 7.64. The average molecular weight is 486 g/mol. The molecule has 3 N–H and O–H groups in total. The highest BCUT2D eigenvalue weighted by Gasteiger charge is 2.37. The van der Waals surface area contributed by atoms with E-state index in [1.165, 1.54) is 25.7 Å². The molecule has 0 bridgehead atoms. The first-order valence-electron chi connectivity index (χ1n) is 9.50. The third kappa shape index (κ3) is 5.95. The van der Waals surface area contributed by atoms with Crippen molar-refractivity contribution >= 4 is 29.9 Å². The number of halogens is 1. The van der Waals surface area contributed by atoms with Crippen molar-refractivity contribution in [3.63, 3.8) is 0 Å².